The first kappa shape index (κ1) is 22.7. The quantitative estimate of drug-likeness (QED) is 0.532. The molecule has 12 heteroatoms. The zero-order chi connectivity index (χ0) is 23.9. The first-order valence-electron chi connectivity index (χ1n) is 11.0. The van der Waals surface area contributed by atoms with Crippen molar-refractivity contribution in [3.63, 3.8) is 0 Å². The lowest BCUT2D eigenvalue weighted by Gasteiger charge is -2.38. The molecule has 1 saturated heterocycles. The SMILES string of the molecule is Cc1cc(N2C[C@H]3CC[C@@H](C2)[C@@H]3Nc2nc(Oc3ccccc3Cl)n(CC(F)(F)F)n2)ncn1. The summed E-state index contributed by atoms with van der Waals surface area (Å²) in [5.74, 6) is 1.79. The van der Waals surface area contributed by atoms with Gasteiger partial charge in [0.1, 0.15) is 24.4 Å². The third-order valence-corrected chi connectivity index (χ3v) is 6.56. The van der Waals surface area contributed by atoms with Crippen LogP contribution in [0.5, 0.6) is 11.8 Å². The van der Waals surface area contributed by atoms with E-state index in [4.69, 9.17) is 16.3 Å². The number of aromatic nitrogens is 5. The molecule has 8 nitrogen and oxygen atoms in total. The van der Waals surface area contributed by atoms with E-state index in [0.717, 1.165) is 37.4 Å². The van der Waals surface area contributed by atoms with Crippen molar-refractivity contribution in [1.82, 2.24) is 24.7 Å². The van der Waals surface area contributed by atoms with E-state index in [9.17, 15) is 13.2 Å². The number of para-hydroxylation sites is 1. The fourth-order valence-corrected chi connectivity index (χ4v) is 4.95. The average molecular weight is 494 g/mol. The monoisotopic (exact) mass is 493 g/mol. The highest BCUT2D eigenvalue weighted by Gasteiger charge is 2.43. The Bertz CT molecular complexity index is 1160. The zero-order valence-electron chi connectivity index (χ0n) is 18.3. The number of hydrogen-bond donors (Lipinski definition) is 1. The van der Waals surface area contributed by atoms with Gasteiger partial charge in [-0.1, -0.05) is 23.7 Å². The van der Waals surface area contributed by atoms with Gasteiger partial charge < -0.3 is 15.0 Å². The van der Waals surface area contributed by atoms with Gasteiger partial charge in [0, 0.05) is 30.9 Å². The lowest BCUT2D eigenvalue weighted by atomic mass is 9.92. The topological polar surface area (TPSA) is 81.0 Å². The van der Waals surface area contributed by atoms with Gasteiger partial charge in [0.25, 0.3) is 0 Å². The number of rotatable bonds is 6. The molecule has 2 aliphatic rings. The van der Waals surface area contributed by atoms with Crippen LogP contribution in [0.15, 0.2) is 36.7 Å². The maximum Gasteiger partial charge on any atom is 0.408 e. The average Bonchev–Trinajstić information content (AvgIpc) is 3.23. The van der Waals surface area contributed by atoms with Crippen LogP contribution in [0.4, 0.5) is 24.9 Å². The smallest absolute Gasteiger partial charge is 0.408 e. The van der Waals surface area contributed by atoms with Crippen molar-refractivity contribution in [2.24, 2.45) is 11.8 Å². The summed E-state index contributed by atoms with van der Waals surface area (Å²) in [7, 11) is 0. The maximum atomic E-state index is 13.2. The van der Waals surface area contributed by atoms with Crippen molar-refractivity contribution in [1.29, 1.82) is 0 Å². The van der Waals surface area contributed by atoms with Crippen LogP contribution in [-0.4, -0.2) is 50.0 Å². The van der Waals surface area contributed by atoms with Crippen LogP contribution in [-0.2, 0) is 6.54 Å². The van der Waals surface area contributed by atoms with Gasteiger partial charge in [-0.3, -0.25) is 0 Å². The standard InChI is InChI=1S/C22H23ClF3N7O/c1-13-8-18(28-12-27-13)32-9-14-6-7-15(10-32)19(14)29-20-30-21(33(31-20)11-22(24,25)26)34-17-5-3-2-4-16(17)23/h2-5,8,12,14-15,19H,6-7,9-11H2,1H3,(H,29,31)/t14-,15+,19-. The zero-order valence-corrected chi connectivity index (χ0v) is 19.1. The van der Waals surface area contributed by atoms with Crippen molar-refractivity contribution in [2.45, 2.75) is 38.5 Å². The van der Waals surface area contributed by atoms with Gasteiger partial charge in [0.15, 0.2) is 0 Å². The number of fused-ring (bicyclic) bond motifs is 2. The number of alkyl halides is 3. The third kappa shape index (κ3) is 4.89. The fraction of sp³-hybridized carbons (Fsp3) is 0.455. The van der Waals surface area contributed by atoms with Gasteiger partial charge in [-0.2, -0.15) is 18.2 Å². The summed E-state index contributed by atoms with van der Waals surface area (Å²) < 4.78 is 45.8. The number of halogens is 4. The van der Waals surface area contributed by atoms with E-state index in [-0.39, 0.29) is 40.6 Å². The minimum atomic E-state index is -4.48. The molecule has 3 atom stereocenters. The second-order valence-corrected chi connectivity index (χ2v) is 9.12. The Morgan fingerprint density at radius 3 is 2.56 bits per heavy atom. The molecule has 0 spiro atoms. The summed E-state index contributed by atoms with van der Waals surface area (Å²) in [6, 6.07) is 8.27. The van der Waals surface area contributed by atoms with Crippen LogP contribution in [0.1, 0.15) is 18.5 Å². The Labute approximate surface area is 199 Å². The molecule has 2 aromatic heterocycles. The lowest BCUT2D eigenvalue weighted by molar-refractivity contribution is -0.143. The molecule has 1 aromatic carbocycles. The summed E-state index contributed by atoms with van der Waals surface area (Å²) in [6.45, 7) is 2.19. The summed E-state index contributed by atoms with van der Waals surface area (Å²) >= 11 is 6.11. The summed E-state index contributed by atoms with van der Waals surface area (Å²) in [4.78, 5) is 15.0. The van der Waals surface area contributed by atoms with E-state index in [1.807, 2.05) is 13.0 Å². The number of anilines is 2. The van der Waals surface area contributed by atoms with Gasteiger partial charge >= 0.3 is 12.2 Å². The Kier molecular flexibility index (Phi) is 5.97. The summed E-state index contributed by atoms with van der Waals surface area (Å²) in [6.07, 6.45) is -0.900. The second-order valence-electron chi connectivity index (χ2n) is 8.71. The molecule has 180 valence electrons. The second kappa shape index (κ2) is 8.94. The van der Waals surface area contributed by atoms with Gasteiger partial charge in [0.2, 0.25) is 5.95 Å². The summed E-state index contributed by atoms with van der Waals surface area (Å²) in [5.41, 5.74) is 0.906. The highest BCUT2D eigenvalue weighted by Crippen LogP contribution is 2.40. The van der Waals surface area contributed by atoms with Gasteiger partial charge in [-0.15, -0.1) is 5.10 Å². The Morgan fingerprint density at radius 1 is 1.15 bits per heavy atom. The molecule has 0 radical (unpaired) electrons. The molecular formula is C22H23ClF3N7O. The van der Waals surface area contributed by atoms with Crippen LogP contribution >= 0.6 is 11.6 Å². The molecule has 1 aliphatic heterocycles. The van der Waals surface area contributed by atoms with Crippen LogP contribution in [0.25, 0.3) is 0 Å². The van der Waals surface area contributed by atoms with E-state index >= 15 is 0 Å². The number of piperidine rings is 1. The predicted molar refractivity (Wildman–Crippen MR) is 120 cm³/mol. The van der Waals surface area contributed by atoms with Crippen LogP contribution in [0, 0.1) is 18.8 Å². The van der Waals surface area contributed by atoms with Crippen molar-refractivity contribution >= 4 is 23.4 Å². The molecule has 3 aromatic rings. The number of aryl methyl sites for hydroxylation is 1. The number of benzene rings is 1. The molecule has 0 unspecified atom stereocenters. The first-order chi connectivity index (χ1) is 16.2. The van der Waals surface area contributed by atoms with E-state index in [1.54, 1.807) is 30.6 Å². The fourth-order valence-electron chi connectivity index (χ4n) is 4.77. The Morgan fingerprint density at radius 2 is 1.88 bits per heavy atom. The number of ether oxygens (including phenoxy) is 1. The maximum absolute atomic E-state index is 13.2. The Balaban J connectivity index is 1.35. The largest absolute Gasteiger partial charge is 0.423 e. The number of hydrogen-bond acceptors (Lipinski definition) is 7. The van der Waals surface area contributed by atoms with Crippen LogP contribution in [0.3, 0.4) is 0 Å². The molecule has 1 aliphatic carbocycles. The molecule has 0 amide bonds. The number of nitrogens with zero attached hydrogens (tertiary/aromatic N) is 6. The highest BCUT2D eigenvalue weighted by atomic mass is 35.5. The van der Waals surface area contributed by atoms with Gasteiger partial charge in [0.05, 0.1) is 5.02 Å². The van der Waals surface area contributed by atoms with Crippen LogP contribution < -0.4 is 15.0 Å². The Hall–Kier alpha value is -3.08. The molecule has 1 saturated carbocycles. The molecule has 2 fully saturated rings. The molecule has 2 bridgehead atoms. The minimum Gasteiger partial charge on any atom is -0.423 e. The van der Waals surface area contributed by atoms with Gasteiger partial charge in [-0.25, -0.2) is 14.6 Å². The van der Waals surface area contributed by atoms with Gasteiger partial charge in [-0.05, 0) is 43.7 Å². The minimum absolute atomic E-state index is 0.0501. The van der Waals surface area contributed by atoms with E-state index in [2.05, 4.69) is 30.3 Å². The van der Waals surface area contributed by atoms with Crippen LogP contribution in [0.2, 0.25) is 5.02 Å². The van der Waals surface area contributed by atoms with E-state index < -0.39 is 12.7 Å². The molecule has 34 heavy (non-hydrogen) atoms. The lowest BCUT2D eigenvalue weighted by Crippen LogP contribution is -2.48. The van der Waals surface area contributed by atoms with E-state index in [0.29, 0.717) is 4.68 Å². The predicted octanol–water partition coefficient (Wildman–Crippen LogP) is 4.71. The van der Waals surface area contributed by atoms with Crippen molar-refractivity contribution in [2.75, 3.05) is 23.3 Å². The van der Waals surface area contributed by atoms with E-state index in [1.165, 1.54) is 0 Å². The number of nitrogens with one attached hydrogen (secondary N) is 1. The molecule has 3 heterocycles. The first-order valence-corrected chi connectivity index (χ1v) is 11.4. The van der Waals surface area contributed by atoms with Crippen molar-refractivity contribution in [3.05, 3.63) is 47.4 Å². The summed E-state index contributed by atoms with van der Waals surface area (Å²) in [5, 5.41) is 7.63. The molecular weight excluding hydrogens is 471 g/mol. The van der Waals surface area contributed by atoms with Crippen molar-refractivity contribution < 1.29 is 17.9 Å². The highest BCUT2D eigenvalue weighted by molar-refractivity contribution is 6.32. The normalized spacial score (nSPS) is 22.1. The van der Waals surface area contributed by atoms with Crippen molar-refractivity contribution in [3.8, 4) is 11.8 Å². The molecule has 1 N–H and O–H groups in total. The third-order valence-electron chi connectivity index (χ3n) is 6.25. The molecule has 5 rings (SSSR count).